The quantitative estimate of drug-likeness (QED) is 0.562. The summed E-state index contributed by atoms with van der Waals surface area (Å²) in [7, 11) is -4.99. The minimum Gasteiger partial charge on any atom is -0.223 e. The van der Waals surface area contributed by atoms with Crippen LogP contribution in [0, 0.1) is 5.95 Å². The molecule has 2 rings (SSSR count). The molecule has 0 saturated heterocycles. The zero-order chi connectivity index (χ0) is 10.3. The molecular weight excluding hydrogens is 212 g/mol. The first-order chi connectivity index (χ1) is 6.48. The Morgan fingerprint density at radius 1 is 1.36 bits per heavy atom. The Labute approximate surface area is 80.0 Å². The van der Waals surface area contributed by atoms with E-state index in [1.54, 1.807) is 0 Å². The lowest BCUT2D eigenvalue weighted by molar-refractivity contribution is 0.514. The predicted molar refractivity (Wildman–Crippen MR) is 44.5 cm³/mol. The number of hydrogen-bond donors (Lipinski definition) is 0. The molecule has 1 aliphatic rings. The lowest BCUT2D eigenvalue weighted by Crippen LogP contribution is -2.01. The van der Waals surface area contributed by atoms with Crippen molar-refractivity contribution in [1.82, 2.24) is 4.98 Å². The van der Waals surface area contributed by atoms with Crippen LogP contribution in [-0.2, 0) is 10.2 Å². The molecule has 0 amide bonds. The fourth-order valence-corrected chi connectivity index (χ4v) is 1.70. The van der Waals surface area contributed by atoms with Crippen molar-refractivity contribution in [2.45, 2.75) is 23.7 Å². The fourth-order valence-electron chi connectivity index (χ4n) is 1.22. The molecule has 0 unspecified atom stereocenters. The smallest absolute Gasteiger partial charge is 0.223 e. The van der Waals surface area contributed by atoms with E-state index in [1.165, 1.54) is 6.07 Å². The molecule has 1 aliphatic carbocycles. The molecule has 0 aliphatic heterocycles. The molecule has 0 atom stereocenters. The Morgan fingerprint density at radius 3 is 2.43 bits per heavy atom. The number of hydrogen-bond acceptors (Lipinski definition) is 3. The maximum Gasteiger partial charge on any atom is 0.336 e. The van der Waals surface area contributed by atoms with Crippen LogP contribution in [0.3, 0.4) is 0 Å². The van der Waals surface area contributed by atoms with Crippen LogP contribution in [0.5, 0.6) is 0 Å². The van der Waals surface area contributed by atoms with Gasteiger partial charge in [-0.05, 0) is 25.0 Å². The van der Waals surface area contributed by atoms with Crippen LogP contribution in [-0.4, -0.2) is 13.4 Å². The topological polar surface area (TPSA) is 47.0 Å². The summed E-state index contributed by atoms with van der Waals surface area (Å²) < 4.78 is 46.2. The summed E-state index contributed by atoms with van der Waals surface area (Å²) in [4.78, 5) is 2.43. The van der Waals surface area contributed by atoms with E-state index in [2.05, 4.69) is 4.98 Å². The Morgan fingerprint density at radius 2 is 2.00 bits per heavy atom. The second-order valence-corrected chi connectivity index (χ2v) is 4.55. The minimum absolute atomic E-state index is 0.209. The summed E-state index contributed by atoms with van der Waals surface area (Å²) in [5.41, 5.74) is 0.495. The van der Waals surface area contributed by atoms with Gasteiger partial charge >= 0.3 is 10.2 Å². The fraction of sp³-hybridized carbons (Fsp3) is 0.375. The molecule has 1 saturated carbocycles. The van der Waals surface area contributed by atoms with Gasteiger partial charge in [-0.3, -0.25) is 0 Å². The number of halogens is 2. The summed E-state index contributed by atoms with van der Waals surface area (Å²) >= 11 is 0. The van der Waals surface area contributed by atoms with E-state index < -0.39 is 21.1 Å². The van der Waals surface area contributed by atoms with Crippen LogP contribution in [0.2, 0.25) is 0 Å². The van der Waals surface area contributed by atoms with Crippen LogP contribution >= 0.6 is 0 Å². The highest BCUT2D eigenvalue weighted by molar-refractivity contribution is 7.86. The zero-order valence-corrected chi connectivity index (χ0v) is 7.89. The van der Waals surface area contributed by atoms with Crippen molar-refractivity contribution in [2.24, 2.45) is 0 Å². The van der Waals surface area contributed by atoms with Gasteiger partial charge in [0.1, 0.15) is 0 Å². The van der Waals surface area contributed by atoms with Crippen molar-refractivity contribution < 1.29 is 16.7 Å². The molecule has 76 valence electrons. The van der Waals surface area contributed by atoms with Crippen molar-refractivity contribution in [3.63, 3.8) is 0 Å². The van der Waals surface area contributed by atoms with E-state index in [0.717, 1.165) is 18.9 Å². The van der Waals surface area contributed by atoms with Crippen molar-refractivity contribution in [1.29, 1.82) is 0 Å². The number of aromatic nitrogens is 1. The first-order valence-electron chi connectivity index (χ1n) is 4.09. The maximum atomic E-state index is 13.0. The summed E-state index contributed by atoms with van der Waals surface area (Å²) in [5, 5.41) is 0. The van der Waals surface area contributed by atoms with E-state index in [0.29, 0.717) is 5.69 Å². The zero-order valence-electron chi connectivity index (χ0n) is 7.07. The molecule has 0 N–H and O–H groups in total. The second-order valence-electron chi connectivity index (χ2n) is 3.24. The van der Waals surface area contributed by atoms with Gasteiger partial charge in [-0.1, -0.05) is 0 Å². The van der Waals surface area contributed by atoms with Crippen molar-refractivity contribution in [2.75, 3.05) is 0 Å². The van der Waals surface area contributed by atoms with Gasteiger partial charge < -0.3 is 0 Å². The largest absolute Gasteiger partial charge is 0.336 e. The standard InChI is InChI=1S/C8H7F2NO2S/c9-8-7(14(10,12)13)4-3-6(11-8)5-1-2-5/h3-5H,1-2H2. The lowest BCUT2D eigenvalue weighted by Gasteiger charge is -1.99. The van der Waals surface area contributed by atoms with Crippen LogP contribution in [0.25, 0.3) is 0 Å². The van der Waals surface area contributed by atoms with Crippen LogP contribution < -0.4 is 0 Å². The van der Waals surface area contributed by atoms with Crippen LogP contribution in [0.4, 0.5) is 8.28 Å². The SMILES string of the molecule is O=S(=O)(F)c1ccc(C2CC2)nc1F. The third-order valence-electron chi connectivity index (χ3n) is 2.09. The third kappa shape index (κ3) is 1.75. The Balaban J connectivity index is 2.46. The third-order valence-corrected chi connectivity index (χ3v) is 2.92. The van der Waals surface area contributed by atoms with Gasteiger partial charge in [0.2, 0.25) is 5.95 Å². The highest BCUT2D eigenvalue weighted by Crippen LogP contribution is 2.39. The molecule has 1 aromatic rings. The first-order valence-corrected chi connectivity index (χ1v) is 5.48. The van der Waals surface area contributed by atoms with Gasteiger partial charge in [0.05, 0.1) is 0 Å². The van der Waals surface area contributed by atoms with Gasteiger partial charge in [0, 0.05) is 11.6 Å². The molecule has 0 radical (unpaired) electrons. The van der Waals surface area contributed by atoms with Crippen LogP contribution in [0.1, 0.15) is 24.5 Å². The highest BCUT2D eigenvalue weighted by Gasteiger charge is 2.27. The summed E-state index contributed by atoms with van der Waals surface area (Å²) in [5.74, 6) is -1.04. The van der Waals surface area contributed by atoms with Gasteiger partial charge in [0.25, 0.3) is 0 Å². The van der Waals surface area contributed by atoms with Gasteiger partial charge in [-0.15, -0.1) is 3.89 Å². The molecule has 14 heavy (non-hydrogen) atoms. The average Bonchev–Trinajstić information content (AvgIpc) is 2.83. The van der Waals surface area contributed by atoms with Crippen LogP contribution in [0.15, 0.2) is 17.0 Å². The summed E-state index contributed by atoms with van der Waals surface area (Å²) in [6.07, 6.45) is 1.85. The second kappa shape index (κ2) is 2.98. The lowest BCUT2D eigenvalue weighted by atomic mass is 10.2. The average molecular weight is 219 g/mol. The highest BCUT2D eigenvalue weighted by atomic mass is 32.3. The minimum atomic E-state index is -4.99. The number of nitrogens with zero attached hydrogens (tertiary/aromatic N) is 1. The Kier molecular flexibility index (Phi) is 2.02. The molecule has 1 fully saturated rings. The molecule has 1 heterocycles. The van der Waals surface area contributed by atoms with Crippen molar-refractivity contribution in [3.05, 3.63) is 23.8 Å². The summed E-state index contributed by atoms with van der Waals surface area (Å²) in [6.45, 7) is 0. The molecule has 0 aromatic carbocycles. The van der Waals surface area contributed by atoms with E-state index >= 15 is 0 Å². The Hall–Kier alpha value is -1.04. The molecular formula is C8H7F2NO2S. The number of pyridine rings is 1. The normalized spacial score (nSPS) is 17.0. The first kappa shape index (κ1) is 9.51. The van der Waals surface area contributed by atoms with Gasteiger partial charge in [0.15, 0.2) is 4.90 Å². The number of rotatable bonds is 2. The molecule has 0 spiro atoms. The van der Waals surface area contributed by atoms with E-state index in [4.69, 9.17) is 0 Å². The molecule has 6 heteroatoms. The monoisotopic (exact) mass is 219 g/mol. The van der Waals surface area contributed by atoms with Gasteiger partial charge in [-0.25, -0.2) is 4.98 Å². The van der Waals surface area contributed by atoms with E-state index in [-0.39, 0.29) is 5.92 Å². The molecule has 3 nitrogen and oxygen atoms in total. The molecule has 1 aromatic heterocycles. The van der Waals surface area contributed by atoms with E-state index in [9.17, 15) is 16.7 Å². The predicted octanol–water partition coefficient (Wildman–Crippen LogP) is 1.76. The Bertz CT molecular complexity index is 468. The van der Waals surface area contributed by atoms with Gasteiger partial charge in [-0.2, -0.15) is 12.8 Å². The summed E-state index contributed by atoms with van der Waals surface area (Å²) in [6, 6.07) is 2.28. The van der Waals surface area contributed by atoms with E-state index in [1.807, 2.05) is 0 Å². The molecule has 0 bridgehead atoms. The maximum absolute atomic E-state index is 13.0. The van der Waals surface area contributed by atoms with Crippen molar-refractivity contribution >= 4 is 10.2 Å². The van der Waals surface area contributed by atoms with Crippen molar-refractivity contribution in [3.8, 4) is 0 Å².